The van der Waals surface area contributed by atoms with E-state index in [9.17, 15) is 4.79 Å². The standard InChI is InChI=1S/C14H18N8O2S/c1-8-6-9(2)22(19-8)13-17-18-14(21(13)15)25-5-4-12(23)16-11-7-10(3)24-20-11/h6-7H,4-5,15H2,1-3H3,(H,16,20,23). The first-order valence-electron chi connectivity index (χ1n) is 7.54. The molecule has 0 saturated carbocycles. The van der Waals surface area contributed by atoms with Gasteiger partial charge in [-0.05, 0) is 26.8 Å². The predicted molar refractivity (Wildman–Crippen MR) is 92.0 cm³/mol. The molecule has 0 bridgehead atoms. The highest BCUT2D eigenvalue weighted by Gasteiger charge is 2.15. The molecule has 0 fully saturated rings. The average molecular weight is 362 g/mol. The molecule has 0 aromatic carbocycles. The minimum absolute atomic E-state index is 0.164. The first-order chi connectivity index (χ1) is 11.9. The van der Waals surface area contributed by atoms with Crippen LogP contribution in [0.15, 0.2) is 21.8 Å². The molecule has 0 atom stereocenters. The van der Waals surface area contributed by atoms with Gasteiger partial charge < -0.3 is 15.7 Å². The zero-order chi connectivity index (χ0) is 18.0. The Balaban J connectivity index is 1.57. The van der Waals surface area contributed by atoms with Crippen molar-refractivity contribution >= 4 is 23.5 Å². The first kappa shape index (κ1) is 17.0. The third-order valence-electron chi connectivity index (χ3n) is 3.30. The summed E-state index contributed by atoms with van der Waals surface area (Å²) in [7, 11) is 0. The Kier molecular flexibility index (Phi) is 4.74. The van der Waals surface area contributed by atoms with Crippen LogP contribution in [0.25, 0.3) is 5.95 Å². The van der Waals surface area contributed by atoms with Crippen LogP contribution >= 0.6 is 11.8 Å². The molecule has 11 heteroatoms. The van der Waals surface area contributed by atoms with E-state index in [2.05, 4.69) is 25.8 Å². The Morgan fingerprint density at radius 2 is 2.12 bits per heavy atom. The molecular formula is C14H18N8O2S. The largest absolute Gasteiger partial charge is 0.360 e. The van der Waals surface area contributed by atoms with Gasteiger partial charge in [-0.3, -0.25) is 4.79 Å². The summed E-state index contributed by atoms with van der Waals surface area (Å²) < 4.78 is 7.89. The van der Waals surface area contributed by atoms with Crippen LogP contribution in [0.4, 0.5) is 5.82 Å². The van der Waals surface area contributed by atoms with E-state index in [-0.39, 0.29) is 12.3 Å². The second kappa shape index (κ2) is 6.97. The Morgan fingerprint density at radius 3 is 2.76 bits per heavy atom. The van der Waals surface area contributed by atoms with Gasteiger partial charge in [-0.25, -0.2) is 9.36 Å². The molecule has 0 saturated heterocycles. The lowest BCUT2D eigenvalue weighted by atomic mass is 10.4. The van der Waals surface area contributed by atoms with Crippen molar-refractivity contribution in [3.8, 4) is 5.95 Å². The summed E-state index contributed by atoms with van der Waals surface area (Å²) in [6.45, 7) is 5.57. The highest BCUT2D eigenvalue weighted by molar-refractivity contribution is 7.99. The van der Waals surface area contributed by atoms with Crippen LogP contribution in [0.2, 0.25) is 0 Å². The van der Waals surface area contributed by atoms with Crippen molar-refractivity contribution in [2.75, 3.05) is 16.9 Å². The van der Waals surface area contributed by atoms with Gasteiger partial charge in [0.2, 0.25) is 11.1 Å². The van der Waals surface area contributed by atoms with E-state index in [0.29, 0.717) is 28.4 Å². The number of nitrogen functional groups attached to an aromatic ring is 1. The smallest absolute Gasteiger partial charge is 0.271 e. The van der Waals surface area contributed by atoms with Crippen LogP contribution in [-0.4, -0.2) is 41.5 Å². The lowest BCUT2D eigenvalue weighted by molar-refractivity contribution is -0.115. The minimum Gasteiger partial charge on any atom is -0.360 e. The maximum atomic E-state index is 11.9. The third kappa shape index (κ3) is 3.82. The van der Waals surface area contributed by atoms with Gasteiger partial charge in [0.1, 0.15) is 5.76 Å². The van der Waals surface area contributed by atoms with Crippen molar-refractivity contribution in [1.82, 2.24) is 29.8 Å². The molecule has 0 aliphatic carbocycles. The summed E-state index contributed by atoms with van der Waals surface area (Å²) in [5.74, 6) is 7.84. The molecule has 3 N–H and O–H groups in total. The second-order valence-corrected chi connectivity index (χ2v) is 6.52. The molecule has 3 rings (SSSR count). The summed E-state index contributed by atoms with van der Waals surface area (Å²) in [6, 6.07) is 3.58. The van der Waals surface area contributed by atoms with Gasteiger partial charge in [0.05, 0.1) is 5.69 Å². The Labute approximate surface area is 147 Å². The fourth-order valence-corrected chi connectivity index (χ4v) is 3.00. The Hall–Kier alpha value is -2.82. The monoisotopic (exact) mass is 362 g/mol. The fourth-order valence-electron chi connectivity index (χ4n) is 2.21. The van der Waals surface area contributed by atoms with E-state index in [1.54, 1.807) is 17.7 Å². The van der Waals surface area contributed by atoms with Crippen LogP contribution in [-0.2, 0) is 4.79 Å². The van der Waals surface area contributed by atoms with Crippen molar-refractivity contribution < 1.29 is 9.32 Å². The van der Waals surface area contributed by atoms with Crippen molar-refractivity contribution in [3.05, 3.63) is 29.3 Å². The van der Waals surface area contributed by atoms with Crippen LogP contribution < -0.4 is 11.2 Å². The van der Waals surface area contributed by atoms with Crippen LogP contribution in [0, 0.1) is 20.8 Å². The third-order valence-corrected chi connectivity index (χ3v) is 4.25. The highest BCUT2D eigenvalue weighted by atomic mass is 32.2. The van der Waals surface area contributed by atoms with E-state index in [4.69, 9.17) is 10.4 Å². The van der Waals surface area contributed by atoms with E-state index in [1.165, 1.54) is 16.4 Å². The van der Waals surface area contributed by atoms with Gasteiger partial charge in [-0.1, -0.05) is 16.9 Å². The van der Waals surface area contributed by atoms with Crippen LogP contribution in [0.5, 0.6) is 0 Å². The summed E-state index contributed by atoms with van der Waals surface area (Å²) in [5, 5.41) is 19.3. The normalized spacial score (nSPS) is 11.0. The number of aryl methyl sites for hydroxylation is 3. The van der Waals surface area contributed by atoms with Gasteiger partial charge in [-0.15, -0.1) is 10.2 Å². The maximum Gasteiger partial charge on any atom is 0.271 e. The van der Waals surface area contributed by atoms with Crippen molar-refractivity contribution in [2.24, 2.45) is 0 Å². The highest BCUT2D eigenvalue weighted by Crippen LogP contribution is 2.18. The van der Waals surface area contributed by atoms with Gasteiger partial charge in [0.15, 0.2) is 5.82 Å². The lowest BCUT2D eigenvalue weighted by Gasteiger charge is -2.05. The molecule has 3 aromatic heterocycles. The Bertz CT molecular complexity index is 897. The molecule has 25 heavy (non-hydrogen) atoms. The second-order valence-electron chi connectivity index (χ2n) is 5.46. The number of anilines is 1. The minimum atomic E-state index is -0.164. The molecule has 10 nitrogen and oxygen atoms in total. The predicted octanol–water partition coefficient (Wildman–Crippen LogP) is 1.21. The molecule has 3 heterocycles. The molecule has 0 unspecified atom stereocenters. The van der Waals surface area contributed by atoms with E-state index in [0.717, 1.165) is 11.4 Å². The molecule has 1 amide bonds. The number of carbonyl (C=O) groups excluding carboxylic acids is 1. The molecule has 0 radical (unpaired) electrons. The zero-order valence-electron chi connectivity index (χ0n) is 14.1. The van der Waals surface area contributed by atoms with Crippen molar-refractivity contribution in [2.45, 2.75) is 32.3 Å². The van der Waals surface area contributed by atoms with Crippen LogP contribution in [0.3, 0.4) is 0 Å². The van der Waals surface area contributed by atoms with Gasteiger partial charge >= 0.3 is 0 Å². The van der Waals surface area contributed by atoms with Gasteiger partial charge in [-0.2, -0.15) is 5.10 Å². The quantitative estimate of drug-likeness (QED) is 0.494. The van der Waals surface area contributed by atoms with Gasteiger partial charge in [0, 0.05) is 23.9 Å². The SMILES string of the molecule is Cc1cc(C)n(-c2nnc(SCCC(=O)Nc3cc(C)on3)n2N)n1. The molecule has 3 aromatic rings. The number of nitrogens with zero attached hydrogens (tertiary/aromatic N) is 6. The number of carbonyl (C=O) groups is 1. The number of hydrogen-bond acceptors (Lipinski definition) is 8. The molecular weight excluding hydrogens is 344 g/mol. The molecule has 0 spiro atoms. The number of rotatable bonds is 6. The van der Waals surface area contributed by atoms with Crippen LogP contribution in [0.1, 0.15) is 23.6 Å². The number of thioether (sulfide) groups is 1. The number of hydrogen-bond donors (Lipinski definition) is 2. The summed E-state index contributed by atoms with van der Waals surface area (Å²) >= 11 is 1.34. The summed E-state index contributed by atoms with van der Waals surface area (Å²) in [4.78, 5) is 11.9. The summed E-state index contributed by atoms with van der Waals surface area (Å²) in [5.41, 5.74) is 1.78. The lowest BCUT2D eigenvalue weighted by Crippen LogP contribution is -2.17. The average Bonchev–Trinajstić information content (AvgIpc) is 3.20. The summed E-state index contributed by atoms with van der Waals surface area (Å²) in [6.07, 6.45) is 0.276. The van der Waals surface area contributed by atoms with E-state index < -0.39 is 0 Å². The number of nitrogens with one attached hydrogen (secondary N) is 1. The van der Waals surface area contributed by atoms with E-state index in [1.807, 2.05) is 19.9 Å². The molecule has 132 valence electrons. The van der Waals surface area contributed by atoms with E-state index >= 15 is 0 Å². The van der Waals surface area contributed by atoms with Crippen molar-refractivity contribution in [1.29, 1.82) is 0 Å². The first-order valence-corrected chi connectivity index (χ1v) is 8.52. The topological polar surface area (TPSA) is 130 Å². The number of nitrogens with two attached hydrogens (primary N) is 1. The fraction of sp³-hybridized carbons (Fsp3) is 0.357. The number of amides is 1. The van der Waals surface area contributed by atoms with Gasteiger partial charge in [0.25, 0.3) is 5.95 Å². The molecule has 0 aliphatic heterocycles. The Morgan fingerprint density at radius 1 is 1.32 bits per heavy atom. The molecule has 0 aliphatic rings. The number of aromatic nitrogens is 6. The zero-order valence-corrected chi connectivity index (χ0v) is 14.9. The maximum absolute atomic E-state index is 11.9. The van der Waals surface area contributed by atoms with Crippen molar-refractivity contribution in [3.63, 3.8) is 0 Å².